The van der Waals surface area contributed by atoms with E-state index in [0.29, 0.717) is 11.2 Å². The van der Waals surface area contributed by atoms with Crippen LogP contribution in [0.25, 0.3) is 10.9 Å². The van der Waals surface area contributed by atoms with E-state index in [1.165, 1.54) is 6.07 Å². The topological polar surface area (TPSA) is 71.6 Å². The number of hydrogen-bond acceptors (Lipinski definition) is 4. The van der Waals surface area contributed by atoms with E-state index in [-0.39, 0.29) is 24.0 Å². The molecular weight excluding hydrogens is 359 g/mol. The molecule has 3 N–H and O–H groups in total. The van der Waals surface area contributed by atoms with E-state index < -0.39 is 0 Å². The smallest absolute Gasteiger partial charge is 0.267 e. The average Bonchev–Trinajstić information content (AvgIpc) is 3.09. The van der Waals surface area contributed by atoms with Crippen molar-refractivity contribution in [2.45, 2.75) is 6.54 Å². The zero-order valence-electron chi connectivity index (χ0n) is 15.7. The summed E-state index contributed by atoms with van der Waals surface area (Å²) in [6.45, 7) is 3.83. The van der Waals surface area contributed by atoms with Gasteiger partial charge in [0.05, 0.1) is 0 Å². The van der Waals surface area contributed by atoms with Crippen LogP contribution in [0.5, 0.6) is 5.75 Å². The van der Waals surface area contributed by atoms with Crippen LogP contribution in [0.15, 0.2) is 42.5 Å². The summed E-state index contributed by atoms with van der Waals surface area (Å²) in [7, 11) is 2.08. The van der Waals surface area contributed by atoms with Gasteiger partial charge in [-0.25, -0.2) is 4.39 Å². The zero-order valence-corrected chi connectivity index (χ0v) is 15.7. The van der Waals surface area contributed by atoms with Gasteiger partial charge in [0.1, 0.15) is 17.3 Å². The molecule has 7 heteroatoms. The SMILES string of the molecule is CN1CCN(c2cc(F)cc(CNC(=O)c3cc4ccc(O)cc4[nH]3)c2)CC1. The van der Waals surface area contributed by atoms with E-state index in [2.05, 4.69) is 27.1 Å². The van der Waals surface area contributed by atoms with Crippen molar-refractivity contribution in [1.82, 2.24) is 15.2 Å². The molecule has 2 heterocycles. The minimum atomic E-state index is -0.304. The summed E-state index contributed by atoms with van der Waals surface area (Å²) < 4.78 is 14.1. The van der Waals surface area contributed by atoms with Crippen LogP contribution in [0.4, 0.5) is 10.1 Å². The summed E-state index contributed by atoms with van der Waals surface area (Å²) in [6.07, 6.45) is 0. The zero-order chi connectivity index (χ0) is 19.7. The van der Waals surface area contributed by atoms with Crippen molar-refractivity contribution in [1.29, 1.82) is 0 Å². The first-order valence-corrected chi connectivity index (χ1v) is 9.31. The fourth-order valence-corrected chi connectivity index (χ4v) is 3.50. The molecule has 0 atom stereocenters. The largest absolute Gasteiger partial charge is 0.508 e. The van der Waals surface area contributed by atoms with E-state index in [1.54, 1.807) is 30.3 Å². The molecule has 0 bridgehead atoms. The fourth-order valence-electron chi connectivity index (χ4n) is 3.50. The molecule has 146 valence electrons. The quantitative estimate of drug-likeness (QED) is 0.649. The van der Waals surface area contributed by atoms with Crippen molar-refractivity contribution in [3.63, 3.8) is 0 Å². The third-order valence-corrected chi connectivity index (χ3v) is 5.11. The average molecular weight is 382 g/mol. The molecule has 1 fully saturated rings. The standard InChI is InChI=1S/C21H23FN4O2/c1-25-4-6-26(7-5-25)17-9-14(8-16(22)11-17)13-23-21(28)20-10-15-2-3-18(27)12-19(15)24-20/h2-3,8-12,24,27H,4-7,13H2,1H3,(H,23,28). The predicted octanol–water partition coefficient (Wildman–Crippen LogP) is 2.69. The number of phenols is 1. The molecule has 0 saturated carbocycles. The Morgan fingerprint density at radius 3 is 2.71 bits per heavy atom. The van der Waals surface area contributed by atoms with Gasteiger partial charge in [0, 0.05) is 55.4 Å². The Morgan fingerprint density at radius 2 is 1.93 bits per heavy atom. The normalized spacial score (nSPS) is 15.1. The van der Waals surface area contributed by atoms with Gasteiger partial charge in [-0.3, -0.25) is 4.79 Å². The monoisotopic (exact) mass is 382 g/mol. The van der Waals surface area contributed by atoms with Gasteiger partial charge in [0.2, 0.25) is 0 Å². The summed E-state index contributed by atoms with van der Waals surface area (Å²) >= 11 is 0. The van der Waals surface area contributed by atoms with Gasteiger partial charge < -0.3 is 25.2 Å². The molecule has 6 nitrogen and oxygen atoms in total. The van der Waals surface area contributed by atoms with Crippen LogP contribution < -0.4 is 10.2 Å². The number of benzene rings is 2. The van der Waals surface area contributed by atoms with Crippen molar-refractivity contribution >= 4 is 22.5 Å². The van der Waals surface area contributed by atoms with Crippen molar-refractivity contribution in [2.75, 3.05) is 38.1 Å². The molecule has 4 rings (SSSR count). The number of carbonyl (C=O) groups is 1. The maximum Gasteiger partial charge on any atom is 0.267 e. The van der Waals surface area contributed by atoms with Gasteiger partial charge in [-0.05, 0) is 49.0 Å². The second kappa shape index (κ2) is 7.52. The molecule has 3 aromatic rings. The Labute approximate surface area is 162 Å². The number of hydrogen-bond donors (Lipinski definition) is 3. The Bertz CT molecular complexity index is 1010. The number of aromatic amines is 1. The van der Waals surface area contributed by atoms with Crippen LogP contribution in [0, 0.1) is 5.82 Å². The van der Waals surface area contributed by atoms with E-state index >= 15 is 0 Å². The molecule has 1 saturated heterocycles. The molecule has 28 heavy (non-hydrogen) atoms. The number of aromatic nitrogens is 1. The minimum Gasteiger partial charge on any atom is -0.508 e. The van der Waals surface area contributed by atoms with Crippen LogP contribution >= 0.6 is 0 Å². The van der Waals surface area contributed by atoms with Crippen LogP contribution in [0.2, 0.25) is 0 Å². The van der Waals surface area contributed by atoms with Crippen LogP contribution in [-0.4, -0.2) is 54.1 Å². The number of anilines is 1. The van der Waals surface area contributed by atoms with Gasteiger partial charge in [-0.2, -0.15) is 0 Å². The third-order valence-electron chi connectivity index (χ3n) is 5.11. The van der Waals surface area contributed by atoms with E-state index in [9.17, 15) is 14.3 Å². The first kappa shape index (κ1) is 18.3. The lowest BCUT2D eigenvalue weighted by Crippen LogP contribution is -2.44. The summed E-state index contributed by atoms with van der Waals surface area (Å²) in [5.41, 5.74) is 2.65. The van der Waals surface area contributed by atoms with E-state index in [0.717, 1.165) is 42.8 Å². The highest BCUT2D eigenvalue weighted by molar-refractivity contribution is 5.98. The molecule has 1 aliphatic heterocycles. The first-order chi connectivity index (χ1) is 13.5. The number of amides is 1. The highest BCUT2D eigenvalue weighted by Gasteiger charge is 2.16. The van der Waals surface area contributed by atoms with Gasteiger partial charge in [0.15, 0.2) is 0 Å². The number of piperazine rings is 1. The Balaban J connectivity index is 1.45. The van der Waals surface area contributed by atoms with Gasteiger partial charge in [0.25, 0.3) is 5.91 Å². The molecule has 1 aliphatic rings. The first-order valence-electron chi connectivity index (χ1n) is 9.31. The second-order valence-corrected chi connectivity index (χ2v) is 7.25. The number of nitrogens with one attached hydrogen (secondary N) is 2. The van der Waals surface area contributed by atoms with Gasteiger partial charge in [-0.15, -0.1) is 0 Å². The molecule has 2 aromatic carbocycles. The van der Waals surface area contributed by atoms with E-state index in [4.69, 9.17) is 0 Å². The summed E-state index contributed by atoms with van der Waals surface area (Å²) in [6, 6.07) is 11.5. The van der Waals surface area contributed by atoms with Gasteiger partial charge >= 0.3 is 0 Å². The fraction of sp³-hybridized carbons (Fsp3) is 0.286. The lowest BCUT2D eigenvalue weighted by Gasteiger charge is -2.34. The number of halogens is 1. The maximum atomic E-state index is 14.1. The number of fused-ring (bicyclic) bond motifs is 1. The minimum absolute atomic E-state index is 0.137. The Hall–Kier alpha value is -3.06. The molecule has 0 unspecified atom stereocenters. The summed E-state index contributed by atoms with van der Waals surface area (Å²) in [4.78, 5) is 19.9. The lowest BCUT2D eigenvalue weighted by atomic mass is 10.1. The van der Waals surface area contributed by atoms with Gasteiger partial charge in [-0.1, -0.05) is 0 Å². The molecule has 0 aliphatic carbocycles. The number of phenolic OH excluding ortho intramolecular Hbond substituents is 1. The molecule has 1 aromatic heterocycles. The highest BCUT2D eigenvalue weighted by Crippen LogP contribution is 2.22. The van der Waals surface area contributed by atoms with Crippen LogP contribution in [0.1, 0.15) is 16.1 Å². The molecule has 0 radical (unpaired) electrons. The number of likely N-dealkylation sites (N-methyl/N-ethyl adjacent to an activating group) is 1. The van der Waals surface area contributed by atoms with Crippen molar-refractivity contribution in [3.05, 3.63) is 59.5 Å². The number of carbonyl (C=O) groups excluding carboxylic acids is 1. The Kier molecular flexibility index (Phi) is 4.92. The third kappa shape index (κ3) is 3.94. The van der Waals surface area contributed by atoms with E-state index in [1.807, 2.05) is 6.07 Å². The molecule has 0 spiro atoms. The van der Waals surface area contributed by atoms with Crippen molar-refractivity contribution in [3.8, 4) is 5.75 Å². The summed E-state index contributed by atoms with van der Waals surface area (Å²) in [5.74, 6) is -0.444. The number of aromatic hydroxyl groups is 1. The maximum absolute atomic E-state index is 14.1. The Morgan fingerprint density at radius 1 is 1.14 bits per heavy atom. The van der Waals surface area contributed by atoms with Crippen LogP contribution in [-0.2, 0) is 6.54 Å². The van der Waals surface area contributed by atoms with Crippen molar-refractivity contribution < 1.29 is 14.3 Å². The second-order valence-electron chi connectivity index (χ2n) is 7.25. The highest BCUT2D eigenvalue weighted by atomic mass is 19.1. The molecule has 1 amide bonds. The van der Waals surface area contributed by atoms with Crippen molar-refractivity contribution in [2.24, 2.45) is 0 Å². The number of nitrogens with zero attached hydrogens (tertiary/aromatic N) is 2. The number of rotatable bonds is 4. The van der Waals surface area contributed by atoms with Crippen LogP contribution in [0.3, 0.4) is 0 Å². The summed E-state index contributed by atoms with van der Waals surface area (Å²) in [5, 5.41) is 13.2. The number of H-pyrrole nitrogens is 1. The lowest BCUT2D eigenvalue weighted by molar-refractivity contribution is 0.0946. The predicted molar refractivity (Wildman–Crippen MR) is 107 cm³/mol. The molecular formula is C21H23FN4O2.